The molecule has 1 amide bonds. The first-order valence-corrected chi connectivity index (χ1v) is 8.71. The third kappa shape index (κ3) is 6.33. The second-order valence-electron chi connectivity index (χ2n) is 6.05. The number of amides is 1. The van der Waals surface area contributed by atoms with Crippen LogP contribution in [0.1, 0.15) is 16.7 Å². The smallest absolute Gasteiger partial charge is 0.310 e. The van der Waals surface area contributed by atoms with Crippen molar-refractivity contribution in [3.8, 4) is 11.5 Å². The highest BCUT2D eigenvalue weighted by atomic mass is 16.5. The maximum absolute atomic E-state index is 11.9. The fourth-order valence-electron chi connectivity index (χ4n) is 2.63. The number of aryl methyl sites for hydroxylation is 1. The molecular formula is C21H25NO5. The van der Waals surface area contributed by atoms with E-state index in [2.05, 4.69) is 5.32 Å². The summed E-state index contributed by atoms with van der Waals surface area (Å²) < 4.78 is 15.4. The van der Waals surface area contributed by atoms with Gasteiger partial charge >= 0.3 is 5.97 Å². The number of rotatable bonds is 9. The number of carbonyl (C=O) groups excluding carboxylic acids is 2. The lowest BCUT2D eigenvalue weighted by Crippen LogP contribution is -2.30. The van der Waals surface area contributed by atoms with Crippen LogP contribution in [0.15, 0.2) is 42.5 Å². The largest absolute Gasteiger partial charge is 0.493 e. The van der Waals surface area contributed by atoms with Gasteiger partial charge < -0.3 is 19.5 Å². The minimum atomic E-state index is -0.476. The fourth-order valence-corrected chi connectivity index (χ4v) is 2.63. The lowest BCUT2D eigenvalue weighted by atomic mass is 10.1. The second kappa shape index (κ2) is 10.2. The van der Waals surface area contributed by atoms with Crippen molar-refractivity contribution in [2.24, 2.45) is 0 Å². The van der Waals surface area contributed by atoms with Gasteiger partial charge in [0.1, 0.15) is 0 Å². The van der Waals surface area contributed by atoms with Crippen LogP contribution in [0, 0.1) is 6.92 Å². The summed E-state index contributed by atoms with van der Waals surface area (Å²) in [5.74, 6) is 0.333. The standard InChI is InChI=1S/C21H25NO5/c1-15-6-4-5-7-17(15)10-11-22-20(23)14-27-21(24)13-16-8-9-18(25-2)19(12-16)26-3/h4-9,12H,10-11,13-14H2,1-3H3,(H,22,23). The highest BCUT2D eigenvalue weighted by Gasteiger charge is 2.11. The zero-order chi connectivity index (χ0) is 19.6. The topological polar surface area (TPSA) is 73.9 Å². The van der Waals surface area contributed by atoms with E-state index in [1.807, 2.05) is 31.2 Å². The first-order chi connectivity index (χ1) is 13.0. The normalized spacial score (nSPS) is 10.2. The van der Waals surface area contributed by atoms with Crippen LogP contribution in [0.5, 0.6) is 11.5 Å². The van der Waals surface area contributed by atoms with Gasteiger partial charge in [-0.15, -0.1) is 0 Å². The summed E-state index contributed by atoms with van der Waals surface area (Å²) in [6, 6.07) is 13.2. The van der Waals surface area contributed by atoms with E-state index in [0.29, 0.717) is 18.0 Å². The van der Waals surface area contributed by atoms with Crippen LogP contribution in [0.4, 0.5) is 0 Å². The summed E-state index contributed by atoms with van der Waals surface area (Å²) in [5.41, 5.74) is 3.09. The maximum atomic E-state index is 11.9. The molecular weight excluding hydrogens is 346 g/mol. The molecule has 0 aliphatic rings. The van der Waals surface area contributed by atoms with Crippen molar-refractivity contribution in [2.45, 2.75) is 19.8 Å². The Balaban J connectivity index is 1.73. The number of nitrogens with one attached hydrogen (secondary N) is 1. The van der Waals surface area contributed by atoms with E-state index in [0.717, 1.165) is 12.0 Å². The molecule has 2 aromatic rings. The number of esters is 1. The van der Waals surface area contributed by atoms with Crippen LogP contribution >= 0.6 is 0 Å². The number of methoxy groups -OCH3 is 2. The summed E-state index contributed by atoms with van der Waals surface area (Å²) >= 11 is 0. The number of carbonyl (C=O) groups is 2. The van der Waals surface area contributed by atoms with Gasteiger partial charge in [-0.05, 0) is 42.2 Å². The van der Waals surface area contributed by atoms with Crippen molar-refractivity contribution in [1.82, 2.24) is 5.32 Å². The third-order valence-corrected chi connectivity index (χ3v) is 4.14. The average molecular weight is 371 g/mol. The molecule has 0 saturated carbocycles. The quantitative estimate of drug-likeness (QED) is 0.686. The van der Waals surface area contributed by atoms with Gasteiger partial charge in [-0.1, -0.05) is 30.3 Å². The number of hydrogen-bond acceptors (Lipinski definition) is 5. The van der Waals surface area contributed by atoms with E-state index >= 15 is 0 Å². The molecule has 0 radical (unpaired) electrons. The minimum Gasteiger partial charge on any atom is -0.493 e. The Morgan fingerprint density at radius 1 is 1.00 bits per heavy atom. The predicted molar refractivity (Wildman–Crippen MR) is 102 cm³/mol. The van der Waals surface area contributed by atoms with Crippen LogP contribution in [-0.2, 0) is 27.2 Å². The number of hydrogen-bond donors (Lipinski definition) is 1. The lowest BCUT2D eigenvalue weighted by molar-refractivity contribution is -0.147. The Hall–Kier alpha value is -3.02. The minimum absolute atomic E-state index is 0.0524. The molecule has 0 spiro atoms. The van der Waals surface area contributed by atoms with E-state index in [-0.39, 0.29) is 18.9 Å². The summed E-state index contributed by atoms with van der Waals surface area (Å²) in [7, 11) is 3.07. The van der Waals surface area contributed by atoms with E-state index in [1.165, 1.54) is 18.2 Å². The van der Waals surface area contributed by atoms with Crippen molar-refractivity contribution in [3.63, 3.8) is 0 Å². The van der Waals surface area contributed by atoms with E-state index < -0.39 is 5.97 Å². The van der Waals surface area contributed by atoms with Crippen molar-refractivity contribution in [1.29, 1.82) is 0 Å². The van der Waals surface area contributed by atoms with E-state index in [9.17, 15) is 9.59 Å². The summed E-state index contributed by atoms with van der Waals surface area (Å²) in [5, 5.41) is 2.76. The molecule has 0 atom stereocenters. The van der Waals surface area contributed by atoms with Crippen molar-refractivity contribution >= 4 is 11.9 Å². The number of ether oxygens (including phenoxy) is 3. The molecule has 0 aliphatic carbocycles. The first kappa shape index (κ1) is 20.3. The molecule has 0 aromatic heterocycles. The Kier molecular flexibility index (Phi) is 7.67. The Labute approximate surface area is 159 Å². The summed E-state index contributed by atoms with van der Waals surface area (Å²) in [4.78, 5) is 23.8. The summed E-state index contributed by atoms with van der Waals surface area (Å²) in [6.07, 6.45) is 0.787. The molecule has 6 nitrogen and oxygen atoms in total. The highest BCUT2D eigenvalue weighted by molar-refractivity contribution is 5.81. The van der Waals surface area contributed by atoms with Gasteiger partial charge in [-0.2, -0.15) is 0 Å². The molecule has 0 fully saturated rings. The second-order valence-corrected chi connectivity index (χ2v) is 6.05. The molecule has 6 heteroatoms. The number of benzene rings is 2. The van der Waals surface area contributed by atoms with Gasteiger partial charge in [-0.25, -0.2) is 0 Å². The molecule has 2 aromatic carbocycles. The van der Waals surface area contributed by atoms with E-state index in [1.54, 1.807) is 25.3 Å². The Morgan fingerprint density at radius 3 is 2.44 bits per heavy atom. The van der Waals surface area contributed by atoms with Gasteiger partial charge in [0, 0.05) is 6.54 Å². The average Bonchev–Trinajstić information content (AvgIpc) is 2.67. The lowest BCUT2D eigenvalue weighted by Gasteiger charge is -2.10. The van der Waals surface area contributed by atoms with Gasteiger partial charge in [0.05, 0.1) is 20.6 Å². The van der Waals surface area contributed by atoms with Crippen LogP contribution in [0.2, 0.25) is 0 Å². The summed E-state index contributed by atoms with van der Waals surface area (Å²) in [6.45, 7) is 2.24. The molecule has 0 unspecified atom stereocenters. The van der Waals surface area contributed by atoms with Gasteiger partial charge in [-0.3, -0.25) is 9.59 Å². The highest BCUT2D eigenvalue weighted by Crippen LogP contribution is 2.27. The Bertz CT molecular complexity index is 788. The predicted octanol–water partition coefficient (Wildman–Crippen LogP) is 2.46. The molecule has 0 heterocycles. The van der Waals surface area contributed by atoms with Crippen LogP contribution in [0.3, 0.4) is 0 Å². The molecule has 2 rings (SSSR count). The molecule has 0 aliphatic heterocycles. The fraction of sp³-hybridized carbons (Fsp3) is 0.333. The van der Waals surface area contributed by atoms with Crippen LogP contribution < -0.4 is 14.8 Å². The zero-order valence-corrected chi connectivity index (χ0v) is 15.9. The molecule has 144 valence electrons. The molecule has 0 saturated heterocycles. The van der Waals surface area contributed by atoms with Crippen molar-refractivity contribution in [2.75, 3.05) is 27.4 Å². The first-order valence-electron chi connectivity index (χ1n) is 8.71. The molecule has 27 heavy (non-hydrogen) atoms. The van der Waals surface area contributed by atoms with Crippen molar-refractivity contribution < 1.29 is 23.8 Å². The molecule has 0 bridgehead atoms. The SMILES string of the molecule is COc1ccc(CC(=O)OCC(=O)NCCc2ccccc2C)cc1OC. The maximum Gasteiger partial charge on any atom is 0.310 e. The van der Waals surface area contributed by atoms with Crippen LogP contribution in [-0.4, -0.2) is 39.2 Å². The van der Waals surface area contributed by atoms with Gasteiger partial charge in [0.15, 0.2) is 18.1 Å². The monoisotopic (exact) mass is 371 g/mol. The van der Waals surface area contributed by atoms with Crippen molar-refractivity contribution in [3.05, 3.63) is 59.2 Å². The van der Waals surface area contributed by atoms with Gasteiger partial charge in [0.2, 0.25) is 0 Å². The molecule has 1 N–H and O–H groups in total. The van der Waals surface area contributed by atoms with Gasteiger partial charge in [0.25, 0.3) is 5.91 Å². The zero-order valence-electron chi connectivity index (χ0n) is 15.9. The third-order valence-electron chi connectivity index (χ3n) is 4.14. The van der Waals surface area contributed by atoms with E-state index in [4.69, 9.17) is 14.2 Å². The van der Waals surface area contributed by atoms with Crippen LogP contribution in [0.25, 0.3) is 0 Å². The Morgan fingerprint density at radius 2 is 1.74 bits per heavy atom.